The fourth-order valence-corrected chi connectivity index (χ4v) is 2.57. The van der Waals surface area contributed by atoms with Gasteiger partial charge in [0.2, 0.25) is 0 Å². The van der Waals surface area contributed by atoms with Crippen LogP contribution in [-0.4, -0.2) is 24.4 Å². The molecule has 0 radical (unpaired) electrons. The van der Waals surface area contributed by atoms with Crippen molar-refractivity contribution in [3.05, 3.63) is 41.7 Å². The Balaban J connectivity index is 1.73. The maximum atomic E-state index is 10.4. The molecule has 0 aliphatic carbocycles. The van der Waals surface area contributed by atoms with Crippen molar-refractivity contribution in [2.45, 2.75) is 25.4 Å². The molecule has 3 heteroatoms. The number of para-hydroxylation sites is 1. The molecule has 0 saturated heterocycles. The average molecular weight is 246 g/mol. The highest BCUT2D eigenvalue weighted by atomic mass is 16.5. The van der Waals surface area contributed by atoms with Crippen LogP contribution in [0.2, 0.25) is 0 Å². The van der Waals surface area contributed by atoms with Crippen LogP contribution < -0.4 is 4.74 Å². The van der Waals surface area contributed by atoms with Crippen LogP contribution in [0.3, 0.4) is 0 Å². The SMILES string of the molecule is OC(C1=CCCCO1)C1COc2ccccc2C1. The van der Waals surface area contributed by atoms with Crippen molar-refractivity contribution >= 4 is 0 Å². The van der Waals surface area contributed by atoms with Crippen molar-refractivity contribution in [1.29, 1.82) is 0 Å². The number of benzene rings is 1. The molecule has 18 heavy (non-hydrogen) atoms. The Kier molecular flexibility index (Phi) is 3.24. The summed E-state index contributed by atoms with van der Waals surface area (Å²) in [6.07, 6.45) is 4.35. The third kappa shape index (κ3) is 2.23. The number of ether oxygens (including phenoxy) is 2. The van der Waals surface area contributed by atoms with E-state index in [0.29, 0.717) is 13.2 Å². The first-order valence-electron chi connectivity index (χ1n) is 6.56. The number of rotatable bonds is 2. The van der Waals surface area contributed by atoms with Gasteiger partial charge in [0, 0.05) is 5.92 Å². The molecule has 0 fully saturated rings. The van der Waals surface area contributed by atoms with Crippen LogP contribution >= 0.6 is 0 Å². The van der Waals surface area contributed by atoms with Crippen molar-refractivity contribution in [1.82, 2.24) is 0 Å². The van der Waals surface area contributed by atoms with E-state index in [0.717, 1.165) is 30.8 Å². The minimum Gasteiger partial charge on any atom is -0.495 e. The van der Waals surface area contributed by atoms with Crippen LogP contribution in [0.5, 0.6) is 5.75 Å². The molecule has 2 heterocycles. The molecule has 96 valence electrons. The van der Waals surface area contributed by atoms with Crippen LogP contribution in [0.25, 0.3) is 0 Å². The number of aliphatic hydroxyl groups is 1. The zero-order valence-corrected chi connectivity index (χ0v) is 10.3. The lowest BCUT2D eigenvalue weighted by atomic mass is 9.90. The Morgan fingerprint density at radius 1 is 1.22 bits per heavy atom. The summed E-state index contributed by atoms with van der Waals surface area (Å²) in [5.41, 5.74) is 1.17. The molecule has 3 nitrogen and oxygen atoms in total. The van der Waals surface area contributed by atoms with Crippen LogP contribution in [0.4, 0.5) is 0 Å². The van der Waals surface area contributed by atoms with E-state index in [4.69, 9.17) is 9.47 Å². The van der Waals surface area contributed by atoms with Gasteiger partial charge in [-0.1, -0.05) is 18.2 Å². The smallest absolute Gasteiger partial charge is 0.122 e. The standard InChI is InChI=1S/C15H18O3/c16-15(14-7-3-4-8-17-14)12-9-11-5-1-2-6-13(11)18-10-12/h1-2,5-7,12,15-16H,3-4,8-10H2. The topological polar surface area (TPSA) is 38.7 Å². The summed E-state index contributed by atoms with van der Waals surface area (Å²) in [7, 11) is 0. The van der Waals surface area contributed by atoms with Crippen molar-refractivity contribution in [2.24, 2.45) is 5.92 Å². The largest absolute Gasteiger partial charge is 0.495 e. The van der Waals surface area contributed by atoms with Gasteiger partial charge < -0.3 is 14.6 Å². The predicted molar refractivity (Wildman–Crippen MR) is 68.4 cm³/mol. The zero-order chi connectivity index (χ0) is 12.4. The molecule has 0 amide bonds. The highest BCUT2D eigenvalue weighted by Crippen LogP contribution is 2.31. The summed E-state index contributed by atoms with van der Waals surface area (Å²) in [4.78, 5) is 0. The van der Waals surface area contributed by atoms with Gasteiger partial charge >= 0.3 is 0 Å². The van der Waals surface area contributed by atoms with Gasteiger partial charge in [0.15, 0.2) is 0 Å². The van der Waals surface area contributed by atoms with Gasteiger partial charge in [-0.3, -0.25) is 0 Å². The molecule has 0 bridgehead atoms. The maximum Gasteiger partial charge on any atom is 0.122 e. The van der Waals surface area contributed by atoms with Gasteiger partial charge in [-0.25, -0.2) is 0 Å². The molecule has 0 spiro atoms. The lowest BCUT2D eigenvalue weighted by Gasteiger charge is -2.30. The molecule has 1 aromatic carbocycles. The monoisotopic (exact) mass is 246 g/mol. The molecule has 0 aromatic heterocycles. The number of hydrogen-bond donors (Lipinski definition) is 1. The van der Waals surface area contributed by atoms with Crippen molar-refractivity contribution in [3.8, 4) is 5.75 Å². The fourth-order valence-electron chi connectivity index (χ4n) is 2.57. The summed E-state index contributed by atoms with van der Waals surface area (Å²) in [5.74, 6) is 1.76. The fraction of sp³-hybridized carbons (Fsp3) is 0.467. The van der Waals surface area contributed by atoms with E-state index in [1.807, 2.05) is 24.3 Å². The van der Waals surface area contributed by atoms with Crippen molar-refractivity contribution < 1.29 is 14.6 Å². The molecule has 1 N–H and O–H groups in total. The second kappa shape index (κ2) is 5.02. The number of hydrogen-bond acceptors (Lipinski definition) is 3. The molecule has 0 saturated carbocycles. The van der Waals surface area contributed by atoms with Crippen molar-refractivity contribution in [3.63, 3.8) is 0 Å². The molecule has 3 rings (SSSR count). The summed E-state index contributed by atoms with van der Waals surface area (Å²) in [6.45, 7) is 1.27. The number of allylic oxidation sites excluding steroid dienone is 1. The third-order valence-corrected chi connectivity index (χ3v) is 3.61. The number of fused-ring (bicyclic) bond motifs is 1. The summed E-state index contributed by atoms with van der Waals surface area (Å²) in [5, 5.41) is 10.4. The Hall–Kier alpha value is -1.48. The molecule has 2 atom stereocenters. The summed E-state index contributed by atoms with van der Waals surface area (Å²) >= 11 is 0. The highest BCUT2D eigenvalue weighted by Gasteiger charge is 2.29. The third-order valence-electron chi connectivity index (χ3n) is 3.61. The second-order valence-corrected chi connectivity index (χ2v) is 4.92. The van der Waals surface area contributed by atoms with Crippen molar-refractivity contribution in [2.75, 3.05) is 13.2 Å². The van der Waals surface area contributed by atoms with Crippen LogP contribution in [0, 0.1) is 5.92 Å². The summed E-state index contributed by atoms with van der Waals surface area (Å²) < 4.78 is 11.2. The quantitative estimate of drug-likeness (QED) is 0.870. The highest BCUT2D eigenvalue weighted by molar-refractivity contribution is 5.35. The first kappa shape index (κ1) is 11.6. The van der Waals surface area contributed by atoms with Gasteiger partial charge in [0.05, 0.1) is 13.2 Å². The van der Waals surface area contributed by atoms with Gasteiger partial charge in [-0.15, -0.1) is 0 Å². The normalized spacial score (nSPS) is 24.3. The molecule has 2 aliphatic rings. The molecular formula is C15H18O3. The van der Waals surface area contributed by atoms with Crippen LogP contribution in [0.1, 0.15) is 18.4 Å². The Labute approximate surface area is 107 Å². The molecule has 2 unspecified atom stereocenters. The minimum absolute atomic E-state index is 0.0873. The van der Waals surface area contributed by atoms with Gasteiger partial charge in [0.1, 0.15) is 17.6 Å². The van der Waals surface area contributed by atoms with E-state index in [2.05, 4.69) is 6.07 Å². The minimum atomic E-state index is -0.543. The lowest BCUT2D eigenvalue weighted by molar-refractivity contribution is 0.0318. The Morgan fingerprint density at radius 3 is 2.94 bits per heavy atom. The van der Waals surface area contributed by atoms with E-state index < -0.39 is 6.10 Å². The van der Waals surface area contributed by atoms with Gasteiger partial charge in [-0.2, -0.15) is 0 Å². The van der Waals surface area contributed by atoms with E-state index in [9.17, 15) is 5.11 Å². The number of aliphatic hydroxyl groups excluding tert-OH is 1. The molecular weight excluding hydrogens is 228 g/mol. The first-order chi connectivity index (χ1) is 8.84. The van der Waals surface area contributed by atoms with Crippen LogP contribution in [0.15, 0.2) is 36.1 Å². The van der Waals surface area contributed by atoms with E-state index in [-0.39, 0.29) is 5.92 Å². The molecule has 2 aliphatic heterocycles. The first-order valence-corrected chi connectivity index (χ1v) is 6.56. The van der Waals surface area contributed by atoms with Crippen LogP contribution in [-0.2, 0) is 11.2 Å². The molecule has 1 aromatic rings. The second-order valence-electron chi connectivity index (χ2n) is 4.92. The summed E-state index contributed by atoms with van der Waals surface area (Å²) in [6, 6.07) is 8.02. The maximum absolute atomic E-state index is 10.4. The Morgan fingerprint density at radius 2 is 2.11 bits per heavy atom. The van der Waals surface area contributed by atoms with Gasteiger partial charge in [-0.05, 0) is 37.0 Å². The lowest BCUT2D eigenvalue weighted by Crippen LogP contribution is -2.34. The zero-order valence-electron chi connectivity index (χ0n) is 10.3. The van der Waals surface area contributed by atoms with Gasteiger partial charge in [0.25, 0.3) is 0 Å². The average Bonchev–Trinajstić information content (AvgIpc) is 2.47. The van der Waals surface area contributed by atoms with E-state index >= 15 is 0 Å². The van der Waals surface area contributed by atoms with E-state index in [1.165, 1.54) is 5.56 Å². The Bertz CT molecular complexity index is 453. The predicted octanol–water partition coefficient (Wildman–Crippen LogP) is 2.29. The van der Waals surface area contributed by atoms with E-state index in [1.54, 1.807) is 0 Å².